The molecule has 0 amide bonds. The molecule has 0 saturated carbocycles. The number of hydrogen-bond donors (Lipinski definition) is 0. The van der Waals surface area contributed by atoms with Crippen molar-refractivity contribution < 1.29 is 14.3 Å². The minimum absolute atomic E-state index is 0.0432. The highest BCUT2D eigenvalue weighted by atomic mass is 16.7. The molecule has 4 nitrogen and oxygen atoms in total. The maximum atomic E-state index is 12.9. The molecule has 1 heterocycles. The first-order valence-electron chi connectivity index (χ1n) is 8.91. The van der Waals surface area contributed by atoms with Crippen LogP contribution >= 0.6 is 0 Å². The second kappa shape index (κ2) is 7.98. The lowest BCUT2D eigenvalue weighted by Gasteiger charge is -2.37. The molecule has 0 radical (unpaired) electrons. The lowest BCUT2D eigenvalue weighted by molar-refractivity contribution is -0.244. The van der Waals surface area contributed by atoms with E-state index in [2.05, 4.69) is 11.5 Å². The number of carbonyl (C=O) groups excluding carboxylic acids is 1. The summed E-state index contributed by atoms with van der Waals surface area (Å²) in [5.74, 6) is -0.702. The molecule has 1 aromatic carbocycles. The Morgan fingerprint density at radius 2 is 1.68 bits per heavy atom. The van der Waals surface area contributed by atoms with Crippen LogP contribution in [0.2, 0.25) is 0 Å². The standard InChI is InChI=1S/C21H29NO3/c1-7-24-21(6,25-8-2)17(5)22-15(3)14-19(16(22)4)20(23)18-12-10-9-11-13-18/h9-14,17H,7-8H2,1-6H3. The quantitative estimate of drug-likeness (QED) is 0.516. The van der Waals surface area contributed by atoms with Gasteiger partial charge in [0.15, 0.2) is 11.6 Å². The molecule has 0 spiro atoms. The zero-order valence-electron chi connectivity index (χ0n) is 16.1. The summed E-state index contributed by atoms with van der Waals surface area (Å²) in [6.07, 6.45) is 0. The van der Waals surface area contributed by atoms with Gasteiger partial charge in [0.2, 0.25) is 0 Å². The van der Waals surface area contributed by atoms with Gasteiger partial charge in [0.05, 0.1) is 6.04 Å². The molecule has 25 heavy (non-hydrogen) atoms. The number of aryl methyl sites for hydroxylation is 1. The average Bonchev–Trinajstić information content (AvgIpc) is 2.89. The zero-order chi connectivity index (χ0) is 18.6. The molecule has 0 bridgehead atoms. The van der Waals surface area contributed by atoms with Crippen LogP contribution in [-0.2, 0) is 9.47 Å². The van der Waals surface area contributed by atoms with Crippen LogP contribution in [0.3, 0.4) is 0 Å². The van der Waals surface area contributed by atoms with Crippen LogP contribution in [0.25, 0.3) is 0 Å². The number of rotatable bonds is 8. The van der Waals surface area contributed by atoms with Crippen molar-refractivity contribution in [3.63, 3.8) is 0 Å². The van der Waals surface area contributed by atoms with Gasteiger partial charge in [-0.3, -0.25) is 4.79 Å². The van der Waals surface area contributed by atoms with E-state index >= 15 is 0 Å². The van der Waals surface area contributed by atoms with E-state index in [4.69, 9.17) is 9.47 Å². The van der Waals surface area contributed by atoms with Crippen LogP contribution in [0.4, 0.5) is 0 Å². The van der Waals surface area contributed by atoms with Crippen LogP contribution in [0.15, 0.2) is 36.4 Å². The summed E-state index contributed by atoms with van der Waals surface area (Å²) in [4.78, 5) is 12.9. The second-order valence-electron chi connectivity index (χ2n) is 6.41. The number of nitrogens with zero attached hydrogens (tertiary/aromatic N) is 1. The molecule has 0 saturated heterocycles. The van der Waals surface area contributed by atoms with E-state index in [1.807, 2.05) is 71.0 Å². The molecule has 1 atom stereocenters. The van der Waals surface area contributed by atoms with E-state index in [-0.39, 0.29) is 11.8 Å². The van der Waals surface area contributed by atoms with E-state index in [0.29, 0.717) is 18.8 Å². The van der Waals surface area contributed by atoms with E-state index in [0.717, 1.165) is 17.0 Å². The number of carbonyl (C=O) groups is 1. The third-order valence-electron chi connectivity index (χ3n) is 4.77. The fourth-order valence-electron chi connectivity index (χ4n) is 3.44. The number of benzene rings is 1. The van der Waals surface area contributed by atoms with Crippen molar-refractivity contribution in [3.05, 3.63) is 58.9 Å². The van der Waals surface area contributed by atoms with Gasteiger partial charge in [-0.25, -0.2) is 0 Å². The Kier molecular flexibility index (Phi) is 6.20. The monoisotopic (exact) mass is 343 g/mol. The maximum absolute atomic E-state index is 12.9. The molecule has 1 unspecified atom stereocenters. The van der Waals surface area contributed by atoms with Gasteiger partial charge >= 0.3 is 0 Å². The van der Waals surface area contributed by atoms with Gasteiger partial charge in [0.1, 0.15) is 0 Å². The van der Waals surface area contributed by atoms with Crippen molar-refractivity contribution in [1.29, 1.82) is 0 Å². The molecule has 4 heteroatoms. The first kappa shape index (κ1) is 19.4. The molecular weight excluding hydrogens is 314 g/mol. The molecule has 2 aromatic rings. The van der Waals surface area contributed by atoms with Crippen molar-refractivity contribution in [1.82, 2.24) is 4.57 Å². The Balaban J connectivity index is 2.43. The van der Waals surface area contributed by atoms with Gasteiger partial charge < -0.3 is 14.0 Å². The van der Waals surface area contributed by atoms with Gasteiger partial charge in [-0.1, -0.05) is 30.3 Å². The number of ether oxygens (including phenoxy) is 2. The van der Waals surface area contributed by atoms with Crippen molar-refractivity contribution >= 4 is 5.78 Å². The van der Waals surface area contributed by atoms with Crippen molar-refractivity contribution in [2.45, 2.75) is 53.4 Å². The number of aromatic nitrogens is 1. The summed E-state index contributed by atoms with van der Waals surface area (Å²) < 4.78 is 14.0. The Hall–Kier alpha value is -1.91. The van der Waals surface area contributed by atoms with Crippen LogP contribution in [0.1, 0.15) is 61.0 Å². The fraction of sp³-hybridized carbons (Fsp3) is 0.476. The van der Waals surface area contributed by atoms with Gasteiger partial charge in [-0.2, -0.15) is 0 Å². The van der Waals surface area contributed by atoms with Crippen molar-refractivity contribution in [2.75, 3.05) is 13.2 Å². The molecule has 0 aliphatic rings. The summed E-state index contributed by atoms with van der Waals surface area (Å²) >= 11 is 0. The third kappa shape index (κ3) is 3.86. The summed E-state index contributed by atoms with van der Waals surface area (Å²) in [6, 6.07) is 11.3. The Morgan fingerprint density at radius 3 is 2.20 bits per heavy atom. The van der Waals surface area contributed by atoms with E-state index in [9.17, 15) is 4.79 Å². The zero-order valence-corrected chi connectivity index (χ0v) is 16.1. The molecule has 0 aliphatic carbocycles. The fourth-order valence-corrected chi connectivity index (χ4v) is 3.44. The topological polar surface area (TPSA) is 40.5 Å². The summed E-state index contributed by atoms with van der Waals surface area (Å²) in [5, 5.41) is 0. The van der Waals surface area contributed by atoms with Gasteiger partial charge in [0, 0.05) is 35.7 Å². The first-order chi connectivity index (χ1) is 11.9. The molecule has 136 valence electrons. The molecule has 0 N–H and O–H groups in total. The number of ketones is 1. The minimum atomic E-state index is -0.745. The smallest absolute Gasteiger partial charge is 0.194 e. The Morgan fingerprint density at radius 1 is 1.12 bits per heavy atom. The van der Waals surface area contributed by atoms with Crippen LogP contribution < -0.4 is 0 Å². The van der Waals surface area contributed by atoms with Gasteiger partial charge in [0.25, 0.3) is 0 Å². The average molecular weight is 343 g/mol. The van der Waals surface area contributed by atoms with Crippen molar-refractivity contribution in [2.24, 2.45) is 0 Å². The molecular formula is C21H29NO3. The first-order valence-corrected chi connectivity index (χ1v) is 8.91. The Bertz CT molecular complexity index is 712. The largest absolute Gasteiger partial charge is 0.348 e. The highest BCUT2D eigenvalue weighted by molar-refractivity contribution is 6.09. The lowest BCUT2D eigenvalue weighted by Crippen LogP contribution is -2.41. The van der Waals surface area contributed by atoms with Gasteiger partial charge in [-0.05, 0) is 47.6 Å². The molecule has 1 aromatic heterocycles. The van der Waals surface area contributed by atoms with Crippen LogP contribution in [0, 0.1) is 13.8 Å². The van der Waals surface area contributed by atoms with E-state index < -0.39 is 5.79 Å². The van der Waals surface area contributed by atoms with Gasteiger partial charge in [-0.15, -0.1) is 0 Å². The van der Waals surface area contributed by atoms with Crippen LogP contribution in [0.5, 0.6) is 0 Å². The molecule has 0 fully saturated rings. The summed E-state index contributed by atoms with van der Waals surface area (Å²) in [5.41, 5.74) is 3.39. The maximum Gasteiger partial charge on any atom is 0.194 e. The summed E-state index contributed by atoms with van der Waals surface area (Å²) in [7, 11) is 0. The molecule has 2 rings (SSSR count). The predicted molar refractivity (Wildman–Crippen MR) is 100 cm³/mol. The minimum Gasteiger partial charge on any atom is -0.348 e. The van der Waals surface area contributed by atoms with E-state index in [1.54, 1.807) is 0 Å². The van der Waals surface area contributed by atoms with E-state index in [1.165, 1.54) is 0 Å². The lowest BCUT2D eigenvalue weighted by atomic mass is 10.0. The normalized spacial score (nSPS) is 13.0. The molecule has 0 aliphatic heterocycles. The highest BCUT2D eigenvalue weighted by Crippen LogP contribution is 2.32. The SMILES string of the molecule is CCOC(C)(OCC)C(C)n1c(C)cc(C(=O)c2ccccc2)c1C. The highest BCUT2D eigenvalue weighted by Gasteiger charge is 2.36. The second-order valence-corrected chi connectivity index (χ2v) is 6.41. The third-order valence-corrected chi connectivity index (χ3v) is 4.77. The van der Waals surface area contributed by atoms with Crippen LogP contribution in [-0.4, -0.2) is 29.4 Å². The predicted octanol–water partition coefficient (Wildman–Crippen LogP) is 4.69. The number of hydrogen-bond acceptors (Lipinski definition) is 3. The summed E-state index contributed by atoms with van der Waals surface area (Å²) in [6.45, 7) is 13.1. The van der Waals surface area contributed by atoms with Crippen molar-refractivity contribution in [3.8, 4) is 0 Å². The Labute approximate surface area is 150 Å².